The van der Waals surface area contributed by atoms with Crippen LogP contribution in [0.5, 0.6) is 0 Å². The molecule has 0 spiro atoms. The Bertz CT molecular complexity index is 604. The molecule has 1 atom stereocenters. The molecular weight excluding hydrogens is 274 g/mol. The normalized spacial score (nSPS) is 16.7. The van der Waals surface area contributed by atoms with E-state index >= 15 is 0 Å². The van der Waals surface area contributed by atoms with Gasteiger partial charge in [-0.1, -0.05) is 45.9 Å². The lowest BCUT2D eigenvalue weighted by Gasteiger charge is -2.27. The zero-order valence-corrected chi connectivity index (χ0v) is 14.3. The Morgan fingerprint density at radius 2 is 1.95 bits per heavy atom. The van der Waals surface area contributed by atoms with Crippen molar-refractivity contribution in [2.45, 2.75) is 58.4 Å². The highest BCUT2D eigenvalue weighted by molar-refractivity contribution is 6.00. The average molecular weight is 301 g/mol. The van der Waals surface area contributed by atoms with Gasteiger partial charge in [0, 0.05) is 12.0 Å². The third kappa shape index (κ3) is 3.41. The Balaban J connectivity index is 2.20. The number of aliphatic hydroxyl groups is 1. The van der Waals surface area contributed by atoms with Gasteiger partial charge in [0.05, 0.1) is 12.1 Å². The molecule has 0 saturated carbocycles. The second-order valence-electron chi connectivity index (χ2n) is 7.54. The molecule has 0 aliphatic heterocycles. The van der Waals surface area contributed by atoms with Gasteiger partial charge in [-0.25, -0.2) is 0 Å². The number of aliphatic hydroxyl groups excluding tert-OH is 1. The van der Waals surface area contributed by atoms with Gasteiger partial charge < -0.3 is 10.4 Å². The number of rotatable bonds is 4. The lowest BCUT2D eigenvalue weighted by Crippen LogP contribution is -2.48. The molecule has 0 heterocycles. The van der Waals surface area contributed by atoms with Gasteiger partial charge in [-0.3, -0.25) is 4.79 Å². The fraction of sp³-hybridized carbons (Fsp3) is 0.526. The lowest BCUT2D eigenvalue weighted by molar-refractivity contribution is -0.119. The summed E-state index contributed by atoms with van der Waals surface area (Å²) in [7, 11) is 0. The minimum absolute atomic E-state index is 0.0519. The van der Waals surface area contributed by atoms with E-state index in [1.807, 2.05) is 19.9 Å². The summed E-state index contributed by atoms with van der Waals surface area (Å²) in [4.78, 5) is 12.4. The van der Waals surface area contributed by atoms with Gasteiger partial charge in [0.15, 0.2) is 0 Å². The van der Waals surface area contributed by atoms with Gasteiger partial charge in [-0.15, -0.1) is 0 Å². The van der Waals surface area contributed by atoms with E-state index in [4.69, 9.17) is 0 Å². The zero-order chi connectivity index (χ0) is 16.5. The molecule has 0 bridgehead atoms. The number of fused-ring (bicyclic) bond motifs is 1. The van der Waals surface area contributed by atoms with Crippen molar-refractivity contribution in [1.82, 2.24) is 5.32 Å². The van der Waals surface area contributed by atoms with E-state index in [-0.39, 0.29) is 17.9 Å². The molecule has 120 valence electrons. The fourth-order valence-corrected chi connectivity index (χ4v) is 2.54. The maximum atomic E-state index is 12.4. The van der Waals surface area contributed by atoms with Crippen LogP contribution in [-0.2, 0) is 16.6 Å². The van der Waals surface area contributed by atoms with Crippen LogP contribution >= 0.6 is 0 Å². The molecule has 0 radical (unpaired) electrons. The predicted octanol–water partition coefficient (Wildman–Crippen LogP) is 3.20. The van der Waals surface area contributed by atoms with E-state index in [0.29, 0.717) is 12.8 Å². The van der Waals surface area contributed by atoms with Gasteiger partial charge in [-0.05, 0) is 41.5 Å². The molecule has 1 aromatic rings. The van der Waals surface area contributed by atoms with E-state index in [2.05, 4.69) is 44.3 Å². The summed E-state index contributed by atoms with van der Waals surface area (Å²) in [6.45, 7) is 10.3. The standard InChI is InChI=1S/C19H27NO2/c1-6-19(5,12-21)20-17(22)15-9-13-7-8-16(18(2,3)4)11-14(13)10-15/h7-8,10-11,21H,6,9,12H2,1-5H3,(H,20,22). The molecule has 0 aromatic heterocycles. The van der Waals surface area contributed by atoms with Crippen molar-refractivity contribution < 1.29 is 9.90 Å². The van der Waals surface area contributed by atoms with Crippen LogP contribution in [0.15, 0.2) is 23.8 Å². The Hall–Kier alpha value is -1.61. The van der Waals surface area contributed by atoms with Crippen LogP contribution in [0, 0.1) is 0 Å². The Kier molecular flexibility index (Phi) is 4.48. The van der Waals surface area contributed by atoms with Crippen LogP contribution in [0.3, 0.4) is 0 Å². The van der Waals surface area contributed by atoms with Gasteiger partial charge in [0.1, 0.15) is 0 Å². The summed E-state index contributed by atoms with van der Waals surface area (Å²) < 4.78 is 0. The van der Waals surface area contributed by atoms with Crippen LogP contribution in [0.2, 0.25) is 0 Å². The Morgan fingerprint density at radius 1 is 1.27 bits per heavy atom. The van der Waals surface area contributed by atoms with E-state index in [1.165, 1.54) is 11.1 Å². The molecule has 3 nitrogen and oxygen atoms in total. The van der Waals surface area contributed by atoms with Crippen LogP contribution < -0.4 is 5.32 Å². The summed E-state index contributed by atoms with van der Waals surface area (Å²) in [5, 5.41) is 12.4. The highest BCUT2D eigenvalue weighted by atomic mass is 16.3. The minimum atomic E-state index is -0.552. The van der Waals surface area contributed by atoms with Crippen LogP contribution in [0.25, 0.3) is 6.08 Å². The number of benzene rings is 1. The molecule has 0 fully saturated rings. The van der Waals surface area contributed by atoms with E-state index < -0.39 is 5.54 Å². The SMILES string of the molecule is CCC(C)(CO)NC(=O)C1=Cc2cc(C(C)(C)C)ccc2C1. The number of hydrogen-bond acceptors (Lipinski definition) is 2. The predicted molar refractivity (Wildman–Crippen MR) is 90.7 cm³/mol. The monoisotopic (exact) mass is 301 g/mol. The smallest absolute Gasteiger partial charge is 0.248 e. The van der Waals surface area contributed by atoms with E-state index in [9.17, 15) is 9.90 Å². The second-order valence-corrected chi connectivity index (χ2v) is 7.54. The maximum absolute atomic E-state index is 12.4. The van der Waals surface area contributed by atoms with Gasteiger partial charge in [-0.2, -0.15) is 0 Å². The summed E-state index contributed by atoms with van der Waals surface area (Å²) >= 11 is 0. The minimum Gasteiger partial charge on any atom is -0.394 e. The van der Waals surface area contributed by atoms with Crippen LogP contribution in [0.1, 0.15) is 57.7 Å². The molecule has 2 rings (SSSR count). The number of amides is 1. The van der Waals surface area contributed by atoms with Crippen molar-refractivity contribution in [1.29, 1.82) is 0 Å². The first-order valence-electron chi connectivity index (χ1n) is 7.96. The number of nitrogens with one attached hydrogen (secondary N) is 1. The molecule has 1 unspecified atom stereocenters. The third-order valence-electron chi connectivity index (χ3n) is 4.56. The number of carbonyl (C=O) groups excluding carboxylic acids is 1. The molecule has 0 saturated heterocycles. The van der Waals surface area contributed by atoms with Crippen molar-refractivity contribution in [3.63, 3.8) is 0 Å². The van der Waals surface area contributed by atoms with Crippen LogP contribution in [-0.4, -0.2) is 23.2 Å². The fourth-order valence-electron chi connectivity index (χ4n) is 2.54. The van der Waals surface area contributed by atoms with Crippen molar-refractivity contribution in [2.75, 3.05) is 6.61 Å². The lowest BCUT2D eigenvalue weighted by atomic mass is 9.85. The van der Waals surface area contributed by atoms with Crippen molar-refractivity contribution >= 4 is 12.0 Å². The molecule has 22 heavy (non-hydrogen) atoms. The van der Waals surface area contributed by atoms with Crippen molar-refractivity contribution in [3.8, 4) is 0 Å². The molecule has 1 aliphatic rings. The first-order valence-corrected chi connectivity index (χ1v) is 7.96. The number of carbonyl (C=O) groups is 1. The van der Waals surface area contributed by atoms with Gasteiger partial charge >= 0.3 is 0 Å². The van der Waals surface area contributed by atoms with Gasteiger partial charge in [0.25, 0.3) is 0 Å². The Labute approximate surface area is 133 Å². The third-order valence-corrected chi connectivity index (χ3v) is 4.56. The Morgan fingerprint density at radius 3 is 2.50 bits per heavy atom. The summed E-state index contributed by atoms with van der Waals surface area (Å²) in [5.74, 6) is -0.0769. The highest BCUT2D eigenvalue weighted by Crippen LogP contribution is 2.31. The second kappa shape index (κ2) is 5.88. The van der Waals surface area contributed by atoms with E-state index in [1.54, 1.807) is 0 Å². The zero-order valence-electron chi connectivity index (χ0n) is 14.3. The summed E-state index contributed by atoms with van der Waals surface area (Å²) in [5.41, 5.74) is 3.93. The first-order chi connectivity index (χ1) is 10.2. The largest absolute Gasteiger partial charge is 0.394 e. The molecule has 1 aliphatic carbocycles. The van der Waals surface area contributed by atoms with Crippen LogP contribution in [0.4, 0.5) is 0 Å². The molecule has 1 aromatic carbocycles. The number of hydrogen-bond donors (Lipinski definition) is 2. The topological polar surface area (TPSA) is 49.3 Å². The summed E-state index contributed by atoms with van der Waals surface area (Å²) in [6, 6.07) is 6.45. The van der Waals surface area contributed by atoms with E-state index in [0.717, 1.165) is 11.1 Å². The molecular formula is C19H27NO2. The first kappa shape index (κ1) is 16.8. The quantitative estimate of drug-likeness (QED) is 0.897. The molecule has 1 amide bonds. The van der Waals surface area contributed by atoms with Crippen molar-refractivity contribution in [3.05, 3.63) is 40.5 Å². The van der Waals surface area contributed by atoms with Gasteiger partial charge in [0.2, 0.25) is 5.91 Å². The molecule has 2 N–H and O–H groups in total. The molecule has 3 heteroatoms. The summed E-state index contributed by atoms with van der Waals surface area (Å²) in [6.07, 6.45) is 3.34. The average Bonchev–Trinajstić information content (AvgIpc) is 2.89. The highest BCUT2D eigenvalue weighted by Gasteiger charge is 2.27. The van der Waals surface area contributed by atoms with Crippen molar-refractivity contribution in [2.24, 2.45) is 0 Å². The maximum Gasteiger partial charge on any atom is 0.248 e.